The number of nitro groups is 1. The highest BCUT2D eigenvalue weighted by atomic mass is 16.6. The zero-order valence-corrected chi connectivity index (χ0v) is 11.5. The highest BCUT2D eigenvalue weighted by molar-refractivity contribution is 6.03. The topological polar surface area (TPSA) is 145 Å². The summed E-state index contributed by atoms with van der Waals surface area (Å²) in [5.74, 6) is -1.89. The predicted octanol–water partition coefficient (Wildman–Crippen LogP) is -0.347. The van der Waals surface area contributed by atoms with Gasteiger partial charge in [-0.2, -0.15) is 10.2 Å². The Labute approximate surface area is 123 Å². The summed E-state index contributed by atoms with van der Waals surface area (Å²) in [6, 6.07) is 0. The van der Waals surface area contributed by atoms with Crippen LogP contribution in [0.2, 0.25) is 0 Å². The van der Waals surface area contributed by atoms with Crippen LogP contribution in [0.15, 0.2) is 18.6 Å². The summed E-state index contributed by atoms with van der Waals surface area (Å²) in [5.41, 5.74) is -0.539. The number of nitrogens with one attached hydrogen (secondary N) is 1. The van der Waals surface area contributed by atoms with Crippen molar-refractivity contribution in [3.8, 4) is 0 Å². The molecule has 0 aliphatic carbocycles. The van der Waals surface area contributed by atoms with Crippen molar-refractivity contribution in [2.45, 2.75) is 6.54 Å². The molecule has 116 valence electrons. The summed E-state index contributed by atoms with van der Waals surface area (Å²) < 4.78 is 2.54. The molecular formula is C11H12N6O5. The van der Waals surface area contributed by atoms with Crippen molar-refractivity contribution in [1.29, 1.82) is 0 Å². The highest BCUT2D eigenvalue weighted by Gasteiger charge is 2.20. The summed E-state index contributed by atoms with van der Waals surface area (Å²) in [6.07, 6.45) is 3.64. The number of aromatic carboxylic acids is 1. The molecule has 0 bridgehead atoms. The van der Waals surface area contributed by atoms with Crippen molar-refractivity contribution >= 4 is 17.6 Å². The predicted molar refractivity (Wildman–Crippen MR) is 71.4 cm³/mol. The number of aryl methyl sites for hydroxylation is 1. The molecular weight excluding hydrogens is 296 g/mol. The first-order valence-electron chi connectivity index (χ1n) is 6.10. The normalized spacial score (nSPS) is 10.4. The molecule has 2 N–H and O–H groups in total. The van der Waals surface area contributed by atoms with E-state index in [1.54, 1.807) is 0 Å². The number of amides is 1. The van der Waals surface area contributed by atoms with E-state index in [0.29, 0.717) is 0 Å². The van der Waals surface area contributed by atoms with Gasteiger partial charge in [-0.05, 0) is 0 Å². The van der Waals surface area contributed by atoms with Crippen molar-refractivity contribution in [2.75, 3.05) is 6.54 Å². The first-order valence-corrected chi connectivity index (χ1v) is 6.10. The van der Waals surface area contributed by atoms with Crippen molar-refractivity contribution < 1.29 is 19.6 Å². The van der Waals surface area contributed by atoms with Gasteiger partial charge in [0.25, 0.3) is 5.91 Å². The first kappa shape index (κ1) is 15.2. The fourth-order valence-electron chi connectivity index (χ4n) is 1.76. The Morgan fingerprint density at radius 2 is 2.18 bits per heavy atom. The van der Waals surface area contributed by atoms with Crippen molar-refractivity contribution in [3.05, 3.63) is 40.0 Å². The van der Waals surface area contributed by atoms with E-state index in [1.165, 1.54) is 28.8 Å². The van der Waals surface area contributed by atoms with Crippen LogP contribution in [-0.2, 0) is 13.6 Å². The summed E-state index contributed by atoms with van der Waals surface area (Å²) >= 11 is 0. The number of carboxylic acid groups (broad SMARTS) is 1. The molecule has 0 atom stereocenters. The fraction of sp³-hybridized carbons (Fsp3) is 0.273. The van der Waals surface area contributed by atoms with E-state index < -0.39 is 16.8 Å². The molecule has 11 heteroatoms. The largest absolute Gasteiger partial charge is 0.476 e. The molecule has 0 aliphatic rings. The molecule has 0 radical (unpaired) electrons. The van der Waals surface area contributed by atoms with Gasteiger partial charge in [-0.3, -0.25) is 24.3 Å². The van der Waals surface area contributed by atoms with Crippen molar-refractivity contribution in [3.63, 3.8) is 0 Å². The van der Waals surface area contributed by atoms with Gasteiger partial charge in [0.15, 0.2) is 5.69 Å². The lowest BCUT2D eigenvalue weighted by molar-refractivity contribution is -0.385. The molecule has 0 aromatic carbocycles. The monoisotopic (exact) mass is 308 g/mol. The molecule has 0 fully saturated rings. The lowest BCUT2D eigenvalue weighted by Crippen LogP contribution is -2.28. The van der Waals surface area contributed by atoms with Crippen LogP contribution in [0.25, 0.3) is 0 Å². The number of nitrogens with zero attached hydrogens (tertiary/aromatic N) is 5. The van der Waals surface area contributed by atoms with Crippen molar-refractivity contribution in [1.82, 2.24) is 24.9 Å². The molecule has 2 rings (SSSR count). The zero-order valence-electron chi connectivity index (χ0n) is 11.5. The molecule has 0 spiro atoms. The van der Waals surface area contributed by atoms with E-state index in [9.17, 15) is 19.7 Å². The van der Waals surface area contributed by atoms with Gasteiger partial charge >= 0.3 is 11.7 Å². The van der Waals surface area contributed by atoms with Gasteiger partial charge < -0.3 is 10.4 Å². The Balaban J connectivity index is 1.95. The van der Waals surface area contributed by atoms with E-state index in [1.807, 2.05) is 0 Å². The SMILES string of the molecule is Cn1cc(C(=O)NCCn2cc([N+](=O)[O-])cn2)c(C(=O)O)n1. The third kappa shape index (κ3) is 3.26. The molecule has 11 nitrogen and oxygen atoms in total. The van der Waals surface area contributed by atoms with Crippen LogP contribution < -0.4 is 5.32 Å². The average molecular weight is 308 g/mol. The molecule has 2 heterocycles. The van der Waals surface area contributed by atoms with Crippen LogP contribution in [0, 0.1) is 10.1 Å². The maximum atomic E-state index is 11.9. The van der Waals surface area contributed by atoms with E-state index in [-0.39, 0.29) is 30.0 Å². The van der Waals surface area contributed by atoms with Crippen molar-refractivity contribution in [2.24, 2.45) is 7.05 Å². The maximum Gasteiger partial charge on any atom is 0.357 e. The first-order chi connectivity index (χ1) is 10.4. The molecule has 0 aliphatic heterocycles. The molecule has 0 saturated heterocycles. The quantitative estimate of drug-likeness (QED) is 0.548. The van der Waals surface area contributed by atoms with E-state index >= 15 is 0 Å². The van der Waals surface area contributed by atoms with Crippen LogP contribution in [0.4, 0.5) is 5.69 Å². The molecule has 0 saturated carbocycles. The summed E-state index contributed by atoms with van der Waals surface area (Å²) in [5, 5.41) is 29.4. The number of carboxylic acids is 1. The Hall–Kier alpha value is -3.24. The number of aromatic nitrogens is 4. The second-order valence-corrected chi connectivity index (χ2v) is 4.34. The van der Waals surface area contributed by atoms with Gasteiger partial charge in [-0.1, -0.05) is 0 Å². The Morgan fingerprint density at radius 1 is 1.45 bits per heavy atom. The van der Waals surface area contributed by atoms with E-state index in [0.717, 1.165) is 6.20 Å². The van der Waals surface area contributed by atoms with Gasteiger partial charge in [0.1, 0.15) is 12.4 Å². The molecule has 0 unspecified atom stereocenters. The highest BCUT2D eigenvalue weighted by Crippen LogP contribution is 2.08. The van der Waals surface area contributed by atoms with E-state index in [4.69, 9.17) is 5.11 Å². The summed E-state index contributed by atoms with van der Waals surface area (Å²) in [6.45, 7) is 0.341. The maximum absolute atomic E-state index is 11.9. The number of carbonyl (C=O) groups excluding carboxylic acids is 1. The number of rotatable bonds is 6. The Morgan fingerprint density at radius 3 is 2.77 bits per heavy atom. The summed E-state index contributed by atoms with van der Waals surface area (Å²) in [4.78, 5) is 32.8. The zero-order chi connectivity index (χ0) is 16.3. The molecule has 2 aromatic heterocycles. The standard InChI is InChI=1S/C11H12N6O5/c1-15-6-8(9(14-15)11(19)20)10(18)12-2-3-16-5-7(4-13-16)17(21)22/h4-6H,2-3H2,1H3,(H,12,18)(H,19,20). The van der Waals surface area contributed by atoms with Gasteiger partial charge in [0.2, 0.25) is 0 Å². The Kier molecular flexibility index (Phi) is 4.15. The van der Waals surface area contributed by atoms with Crippen LogP contribution in [0.3, 0.4) is 0 Å². The number of carbonyl (C=O) groups is 2. The third-order valence-electron chi connectivity index (χ3n) is 2.73. The van der Waals surface area contributed by atoms with E-state index in [2.05, 4.69) is 15.5 Å². The van der Waals surface area contributed by atoms with Gasteiger partial charge in [-0.25, -0.2) is 4.79 Å². The fourth-order valence-corrected chi connectivity index (χ4v) is 1.76. The molecule has 1 amide bonds. The van der Waals surface area contributed by atoms with Gasteiger partial charge in [0.05, 0.1) is 17.0 Å². The number of hydrogen-bond donors (Lipinski definition) is 2. The Bertz CT molecular complexity index is 733. The van der Waals surface area contributed by atoms with Gasteiger partial charge in [0, 0.05) is 19.8 Å². The minimum Gasteiger partial charge on any atom is -0.476 e. The van der Waals surface area contributed by atoms with Gasteiger partial charge in [-0.15, -0.1) is 0 Å². The lowest BCUT2D eigenvalue weighted by atomic mass is 10.2. The lowest BCUT2D eigenvalue weighted by Gasteiger charge is -2.04. The smallest absolute Gasteiger partial charge is 0.357 e. The average Bonchev–Trinajstić information content (AvgIpc) is 3.05. The molecule has 2 aromatic rings. The van der Waals surface area contributed by atoms with Crippen LogP contribution in [-0.4, -0.2) is 48.0 Å². The summed E-state index contributed by atoms with van der Waals surface area (Å²) in [7, 11) is 1.51. The molecule has 22 heavy (non-hydrogen) atoms. The third-order valence-corrected chi connectivity index (χ3v) is 2.73. The minimum atomic E-state index is -1.30. The van der Waals surface area contributed by atoms with Crippen LogP contribution in [0.1, 0.15) is 20.8 Å². The number of hydrogen-bond acceptors (Lipinski definition) is 6. The second kappa shape index (κ2) is 6.03. The van der Waals surface area contributed by atoms with Crippen LogP contribution in [0.5, 0.6) is 0 Å². The van der Waals surface area contributed by atoms with Crippen LogP contribution >= 0.6 is 0 Å². The minimum absolute atomic E-state index is 0.0542. The second-order valence-electron chi connectivity index (χ2n) is 4.34.